The lowest BCUT2D eigenvalue weighted by atomic mass is 9.89. The Morgan fingerprint density at radius 3 is 2.15 bits per heavy atom. The molecule has 3 nitrogen and oxygen atoms in total. The second-order valence-corrected chi connectivity index (χ2v) is 11.3. The van der Waals surface area contributed by atoms with Crippen LogP contribution in [0.5, 0.6) is 0 Å². The molecule has 1 unspecified atom stereocenters. The summed E-state index contributed by atoms with van der Waals surface area (Å²) in [5, 5.41) is 4.15. The van der Waals surface area contributed by atoms with Crippen molar-refractivity contribution in [1.82, 2.24) is 4.57 Å². The maximum atomic E-state index is 14.3. The summed E-state index contributed by atoms with van der Waals surface area (Å²) >= 11 is 0. The summed E-state index contributed by atoms with van der Waals surface area (Å²) < 4.78 is 2.46. The Labute approximate surface area is 231 Å². The van der Waals surface area contributed by atoms with Crippen LogP contribution in [0.2, 0.25) is 0 Å². The minimum Gasteiger partial charge on any atom is -0.340 e. The van der Waals surface area contributed by atoms with Gasteiger partial charge in [-0.25, -0.2) is 0 Å². The van der Waals surface area contributed by atoms with Gasteiger partial charge in [-0.3, -0.25) is 9.59 Å². The molecule has 0 N–H and O–H groups in total. The molecule has 5 rings (SSSR count). The van der Waals surface area contributed by atoms with Gasteiger partial charge < -0.3 is 4.57 Å². The van der Waals surface area contributed by atoms with Crippen LogP contribution in [-0.4, -0.2) is 16.1 Å². The molecule has 0 spiro atoms. The zero-order valence-electron chi connectivity index (χ0n) is 24.2. The van der Waals surface area contributed by atoms with E-state index in [0.29, 0.717) is 11.5 Å². The van der Waals surface area contributed by atoms with E-state index < -0.39 is 0 Å². The van der Waals surface area contributed by atoms with Crippen LogP contribution in [0.4, 0.5) is 0 Å². The number of rotatable bonds is 9. The third-order valence-corrected chi connectivity index (χ3v) is 8.40. The molecule has 1 aromatic heterocycles. The first-order valence-corrected chi connectivity index (χ1v) is 14.4. The largest absolute Gasteiger partial charge is 0.340 e. The van der Waals surface area contributed by atoms with Crippen molar-refractivity contribution in [2.75, 3.05) is 0 Å². The van der Waals surface area contributed by atoms with E-state index in [1.807, 2.05) is 32.0 Å². The molecule has 39 heavy (non-hydrogen) atoms. The van der Waals surface area contributed by atoms with Gasteiger partial charge in [0.25, 0.3) is 0 Å². The standard InChI is InChI=1S/C36H39NO2/c1-7-9-12-26(8-2)21-37-33-16-15-27(25(6)38)19-30(33)31-20-32(28-13-10-11-14-29(28)35(31)37)36(39)34-23(4)17-22(3)18-24(34)5/h10-11,13-20,26H,7-9,12,21H2,1-6H3. The molecular weight excluding hydrogens is 478 g/mol. The van der Waals surface area contributed by atoms with Crippen molar-refractivity contribution < 1.29 is 9.59 Å². The zero-order chi connectivity index (χ0) is 27.8. The molecular formula is C36H39NO2. The fourth-order valence-corrected chi connectivity index (χ4v) is 6.41. The lowest BCUT2D eigenvalue weighted by Gasteiger charge is -2.19. The van der Waals surface area contributed by atoms with Gasteiger partial charge in [-0.05, 0) is 80.8 Å². The van der Waals surface area contributed by atoms with E-state index in [-0.39, 0.29) is 11.6 Å². The van der Waals surface area contributed by atoms with Crippen molar-refractivity contribution >= 4 is 44.1 Å². The predicted molar refractivity (Wildman–Crippen MR) is 164 cm³/mol. The van der Waals surface area contributed by atoms with E-state index in [4.69, 9.17) is 0 Å². The van der Waals surface area contributed by atoms with Crippen LogP contribution < -0.4 is 0 Å². The highest BCUT2D eigenvalue weighted by atomic mass is 16.1. The molecule has 1 atom stereocenters. The predicted octanol–water partition coefficient (Wildman–Crippen LogP) is 9.52. The number of carbonyl (C=O) groups excluding carboxylic acids is 2. The van der Waals surface area contributed by atoms with E-state index in [2.05, 4.69) is 67.8 Å². The van der Waals surface area contributed by atoms with Crippen molar-refractivity contribution in [3.63, 3.8) is 0 Å². The number of fused-ring (bicyclic) bond motifs is 5. The van der Waals surface area contributed by atoms with Crippen LogP contribution in [0, 0.1) is 26.7 Å². The van der Waals surface area contributed by atoms with Crippen LogP contribution in [0.3, 0.4) is 0 Å². The topological polar surface area (TPSA) is 39.1 Å². The molecule has 5 aromatic rings. The summed E-state index contributed by atoms with van der Waals surface area (Å²) in [4.78, 5) is 26.6. The number of aromatic nitrogens is 1. The molecule has 0 saturated carbocycles. The Morgan fingerprint density at radius 2 is 1.51 bits per heavy atom. The van der Waals surface area contributed by atoms with E-state index >= 15 is 0 Å². The average Bonchev–Trinajstić information content (AvgIpc) is 3.22. The number of ketones is 2. The zero-order valence-corrected chi connectivity index (χ0v) is 24.2. The quantitative estimate of drug-likeness (QED) is 0.183. The minimum atomic E-state index is 0.0511. The van der Waals surface area contributed by atoms with E-state index in [9.17, 15) is 9.59 Å². The molecule has 0 radical (unpaired) electrons. The molecule has 0 bridgehead atoms. The molecule has 4 aromatic carbocycles. The van der Waals surface area contributed by atoms with Gasteiger partial charge in [0.05, 0.1) is 5.52 Å². The van der Waals surface area contributed by atoms with Gasteiger partial charge >= 0.3 is 0 Å². The molecule has 0 saturated heterocycles. The first-order chi connectivity index (χ1) is 18.7. The number of aryl methyl sites for hydroxylation is 3. The number of hydrogen-bond donors (Lipinski definition) is 0. The van der Waals surface area contributed by atoms with E-state index in [0.717, 1.165) is 73.4 Å². The summed E-state index contributed by atoms with van der Waals surface area (Å²) in [6, 6.07) is 20.7. The number of carbonyl (C=O) groups is 2. The Kier molecular flexibility index (Phi) is 7.44. The van der Waals surface area contributed by atoms with Gasteiger partial charge in [0.2, 0.25) is 0 Å². The lowest BCUT2D eigenvalue weighted by Crippen LogP contribution is -2.11. The Hall–Kier alpha value is -3.72. The molecule has 0 fully saturated rings. The molecule has 200 valence electrons. The van der Waals surface area contributed by atoms with Crippen LogP contribution >= 0.6 is 0 Å². The van der Waals surface area contributed by atoms with Crippen LogP contribution in [0.25, 0.3) is 32.6 Å². The first-order valence-electron chi connectivity index (χ1n) is 14.4. The fraction of sp³-hybridized carbons (Fsp3) is 0.333. The van der Waals surface area contributed by atoms with Crippen LogP contribution in [-0.2, 0) is 6.54 Å². The monoisotopic (exact) mass is 517 g/mol. The SMILES string of the molecule is CCCCC(CC)Cn1c2ccc(C(C)=O)cc2c2cc(C(=O)c3c(C)cc(C)cc3C)c3ccccc3c21. The molecule has 0 amide bonds. The number of unbranched alkanes of at least 4 members (excludes halogenated alkanes) is 1. The number of nitrogens with zero attached hydrogens (tertiary/aromatic N) is 1. The van der Waals surface area contributed by atoms with Gasteiger partial charge in [0.1, 0.15) is 0 Å². The van der Waals surface area contributed by atoms with Crippen LogP contribution in [0.1, 0.15) is 89.4 Å². The second kappa shape index (κ2) is 10.8. The van der Waals surface area contributed by atoms with Crippen LogP contribution in [0.15, 0.2) is 60.7 Å². The van der Waals surface area contributed by atoms with Gasteiger partial charge in [0, 0.05) is 44.9 Å². The fourth-order valence-electron chi connectivity index (χ4n) is 6.41. The van der Waals surface area contributed by atoms with Crippen molar-refractivity contribution in [3.8, 4) is 0 Å². The molecule has 0 aliphatic rings. The van der Waals surface area contributed by atoms with Gasteiger partial charge in [-0.15, -0.1) is 0 Å². The van der Waals surface area contributed by atoms with Gasteiger partial charge in [-0.1, -0.05) is 75.1 Å². The summed E-state index contributed by atoms with van der Waals surface area (Å²) in [7, 11) is 0. The van der Waals surface area contributed by atoms with E-state index in [1.165, 1.54) is 19.3 Å². The maximum absolute atomic E-state index is 14.3. The number of hydrogen-bond acceptors (Lipinski definition) is 2. The third kappa shape index (κ3) is 4.80. The van der Waals surface area contributed by atoms with Gasteiger partial charge in [-0.2, -0.15) is 0 Å². The van der Waals surface area contributed by atoms with Crippen molar-refractivity contribution in [2.24, 2.45) is 5.92 Å². The smallest absolute Gasteiger partial charge is 0.194 e. The minimum absolute atomic E-state index is 0.0511. The summed E-state index contributed by atoms with van der Waals surface area (Å²) in [5.41, 5.74) is 7.66. The molecule has 0 aliphatic carbocycles. The molecule has 3 heteroatoms. The lowest BCUT2D eigenvalue weighted by molar-refractivity contribution is 0.101. The Balaban J connectivity index is 1.85. The summed E-state index contributed by atoms with van der Waals surface area (Å²) in [6.07, 6.45) is 4.73. The number of Topliss-reactive ketones (excluding diaryl/α,β-unsaturated/α-hetero) is 1. The second-order valence-electron chi connectivity index (χ2n) is 11.3. The normalized spacial score (nSPS) is 12.5. The average molecular weight is 518 g/mol. The number of benzene rings is 4. The first kappa shape index (κ1) is 26.9. The molecule has 1 heterocycles. The van der Waals surface area contributed by atoms with Crippen molar-refractivity contribution in [1.29, 1.82) is 0 Å². The van der Waals surface area contributed by atoms with Crippen molar-refractivity contribution in [2.45, 2.75) is 73.8 Å². The highest BCUT2D eigenvalue weighted by Gasteiger charge is 2.23. The highest BCUT2D eigenvalue weighted by molar-refractivity contribution is 6.26. The Bertz CT molecular complexity index is 1710. The maximum Gasteiger partial charge on any atom is 0.194 e. The molecule has 0 aliphatic heterocycles. The van der Waals surface area contributed by atoms with E-state index in [1.54, 1.807) is 6.92 Å². The van der Waals surface area contributed by atoms with Crippen molar-refractivity contribution in [3.05, 3.63) is 94.0 Å². The van der Waals surface area contributed by atoms with Gasteiger partial charge in [0.15, 0.2) is 11.6 Å². The highest BCUT2D eigenvalue weighted by Crippen LogP contribution is 2.39. The Morgan fingerprint density at radius 1 is 0.821 bits per heavy atom. The third-order valence-electron chi connectivity index (χ3n) is 8.40. The summed E-state index contributed by atoms with van der Waals surface area (Å²) in [6.45, 7) is 13.2. The summed E-state index contributed by atoms with van der Waals surface area (Å²) in [5.74, 6) is 0.672.